The van der Waals surface area contributed by atoms with Crippen LogP contribution >= 0.6 is 11.8 Å². The summed E-state index contributed by atoms with van der Waals surface area (Å²) < 4.78 is 5.09. The zero-order chi connectivity index (χ0) is 17.5. The summed E-state index contributed by atoms with van der Waals surface area (Å²) in [5.74, 6) is -0.888. The van der Waals surface area contributed by atoms with Crippen molar-refractivity contribution in [3.63, 3.8) is 0 Å². The van der Waals surface area contributed by atoms with Crippen LogP contribution in [0.3, 0.4) is 0 Å². The molecule has 0 atom stereocenters. The van der Waals surface area contributed by atoms with Gasteiger partial charge in [-0.15, -0.1) is 11.8 Å². The highest BCUT2D eigenvalue weighted by molar-refractivity contribution is 7.98. The number of benzene rings is 2. The summed E-state index contributed by atoms with van der Waals surface area (Å²) in [6, 6.07) is 14.5. The molecule has 0 bridgehead atoms. The smallest absolute Gasteiger partial charge is 0.338 e. The average Bonchev–Trinajstić information content (AvgIpc) is 2.60. The highest BCUT2D eigenvalue weighted by Gasteiger charge is 2.12. The standard InChI is InChI=1S/C18H20N2O3S/c1-20(2)14-8-6-7-13(11-14)18(22)23-12-17(21)19-15-9-4-5-10-16(15)24-3/h4-11H,12H2,1-3H3,(H,19,21). The Morgan fingerprint density at radius 3 is 2.58 bits per heavy atom. The van der Waals surface area contributed by atoms with Gasteiger partial charge in [-0.25, -0.2) is 4.79 Å². The quantitative estimate of drug-likeness (QED) is 0.644. The molecule has 0 aliphatic heterocycles. The molecule has 126 valence electrons. The zero-order valence-electron chi connectivity index (χ0n) is 13.9. The Balaban J connectivity index is 1.94. The Labute approximate surface area is 146 Å². The van der Waals surface area contributed by atoms with Gasteiger partial charge in [-0.1, -0.05) is 18.2 Å². The van der Waals surface area contributed by atoms with E-state index >= 15 is 0 Å². The Kier molecular flexibility index (Phi) is 6.26. The predicted molar refractivity (Wildman–Crippen MR) is 97.9 cm³/mol. The van der Waals surface area contributed by atoms with Crippen LogP contribution in [0.5, 0.6) is 0 Å². The maximum absolute atomic E-state index is 12.1. The largest absolute Gasteiger partial charge is 0.452 e. The highest BCUT2D eigenvalue weighted by Crippen LogP contribution is 2.24. The summed E-state index contributed by atoms with van der Waals surface area (Å²) in [6.07, 6.45) is 1.93. The number of hydrogen-bond acceptors (Lipinski definition) is 5. The van der Waals surface area contributed by atoms with E-state index in [2.05, 4.69) is 5.32 Å². The maximum Gasteiger partial charge on any atom is 0.338 e. The minimum absolute atomic E-state index is 0.326. The number of carbonyl (C=O) groups excluding carboxylic acids is 2. The van der Waals surface area contributed by atoms with Gasteiger partial charge >= 0.3 is 5.97 Å². The second-order valence-corrected chi connectivity index (χ2v) is 6.12. The van der Waals surface area contributed by atoms with Crippen LogP contribution in [0, 0.1) is 0 Å². The molecule has 2 aromatic rings. The van der Waals surface area contributed by atoms with E-state index in [1.54, 1.807) is 18.2 Å². The third-order valence-electron chi connectivity index (χ3n) is 3.31. The average molecular weight is 344 g/mol. The number of hydrogen-bond donors (Lipinski definition) is 1. The molecule has 1 amide bonds. The molecule has 2 rings (SSSR count). The van der Waals surface area contributed by atoms with Crippen molar-refractivity contribution in [1.82, 2.24) is 0 Å². The van der Waals surface area contributed by atoms with Crippen LogP contribution in [0.4, 0.5) is 11.4 Å². The first-order valence-electron chi connectivity index (χ1n) is 7.38. The molecule has 5 nitrogen and oxygen atoms in total. The zero-order valence-corrected chi connectivity index (χ0v) is 14.7. The molecular weight excluding hydrogens is 324 g/mol. The summed E-state index contributed by atoms with van der Waals surface area (Å²) in [4.78, 5) is 26.9. The van der Waals surface area contributed by atoms with Gasteiger partial charge in [-0.3, -0.25) is 4.79 Å². The van der Waals surface area contributed by atoms with Crippen molar-refractivity contribution in [3.8, 4) is 0 Å². The van der Waals surface area contributed by atoms with E-state index in [9.17, 15) is 9.59 Å². The van der Waals surface area contributed by atoms with Gasteiger partial charge in [0.1, 0.15) is 0 Å². The monoisotopic (exact) mass is 344 g/mol. The first-order chi connectivity index (χ1) is 11.5. The number of anilines is 2. The number of amides is 1. The molecule has 6 heteroatoms. The van der Waals surface area contributed by atoms with Crippen LogP contribution in [0.15, 0.2) is 53.4 Å². The van der Waals surface area contributed by atoms with E-state index in [0.717, 1.165) is 10.6 Å². The summed E-state index contributed by atoms with van der Waals surface area (Å²) in [6.45, 7) is -0.326. The molecular formula is C18H20N2O3S. The SMILES string of the molecule is CSc1ccccc1NC(=O)COC(=O)c1cccc(N(C)C)c1. The van der Waals surface area contributed by atoms with Crippen LogP contribution in [-0.4, -0.2) is 38.8 Å². The molecule has 0 spiro atoms. The molecule has 2 aromatic carbocycles. The minimum atomic E-state index is -0.521. The van der Waals surface area contributed by atoms with Crippen molar-refractivity contribution in [2.45, 2.75) is 4.90 Å². The molecule has 0 aromatic heterocycles. The molecule has 0 fully saturated rings. The van der Waals surface area contributed by atoms with Crippen LogP contribution < -0.4 is 10.2 Å². The fraction of sp³-hybridized carbons (Fsp3) is 0.222. The van der Waals surface area contributed by atoms with E-state index in [-0.39, 0.29) is 12.5 Å². The number of rotatable bonds is 6. The van der Waals surface area contributed by atoms with E-state index in [4.69, 9.17) is 4.74 Å². The van der Waals surface area contributed by atoms with Crippen LogP contribution in [0.1, 0.15) is 10.4 Å². The number of nitrogens with one attached hydrogen (secondary N) is 1. The summed E-state index contributed by atoms with van der Waals surface area (Å²) in [5, 5.41) is 2.75. The third kappa shape index (κ3) is 4.76. The Morgan fingerprint density at radius 1 is 1.12 bits per heavy atom. The topological polar surface area (TPSA) is 58.6 Å². The first-order valence-corrected chi connectivity index (χ1v) is 8.61. The van der Waals surface area contributed by atoms with Crippen LogP contribution in [-0.2, 0) is 9.53 Å². The lowest BCUT2D eigenvalue weighted by Gasteiger charge is -2.13. The van der Waals surface area contributed by atoms with Gasteiger partial charge in [0.25, 0.3) is 5.91 Å². The Bertz CT molecular complexity index is 732. The van der Waals surface area contributed by atoms with Crippen molar-refractivity contribution in [2.24, 2.45) is 0 Å². The Hall–Kier alpha value is -2.47. The molecule has 0 aliphatic carbocycles. The molecule has 0 saturated heterocycles. The molecule has 0 unspecified atom stereocenters. The van der Waals surface area contributed by atoms with E-state index in [1.165, 1.54) is 11.8 Å². The van der Waals surface area contributed by atoms with Gasteiger partial charge in [-0.2, -0.15) is 0 Å². The fourth-order valence-corrected chi connectivity index (χ4v) is 2.61. The lowest BCUT2D eigenvalue weighted by atomic mass is 10.2. The van der Waals surface area contributed by atoms with Gasteiger partial charge in [0.15, 0.2) is 6.61 Å². The molecule has 0 aliphatic rings. The normalized spacial score (nSPS) is 10.1. The molecule has 0 saturated carbocycles. The number of nitrogens with zero attached hydrogens (tertiary/aromatic N) is 1. The van der Waals surface area contributed by atoms with E-state index in [1.807, 2.05) is 55.6 Å². The number of para-hydroxylation sites is 1. The number of esters is 1. The minimum Gasteiger partial charge on any atom is -0.452 e. The molecule has 24 heavy (non-hydrogen) atoms. The third-order valence-corrected chi connectivity index (χ3v) is 4.11. The van der Waals surface area contributed by atoms with Gasteiger partial charge in [0.05, 0.1) is 11.3 Å². The van der Waals surface area contributed by atoms with Gasteiger partial charge < -0.3 is 15.0 Å². The number of carbonyl (C=O) groups is 2. The fourth-order valence-electron chi connectivity index (χ4n) is 2.06. The first kappa shape index (κ1) is 17.9. The van der Waals surface area contributed by atoms with Gasteiger partial charge in [-0.05, 0) is 36.6 Å². The maximum atomic E-state index is 12.1. The lowest BCUT2D eigenvalue weighted by Crippen LogP contribution is -2.21. The molecule has 0 heterocycles. The van der Waals surface area contributed by atoms with Crippen molar-refractivity contribution >= 4 is 35.0 Å². The molecule has 1 N–H and O–H groups in total. The number of thioether (sulfide) groups is 1. The summed E-state index contributed by atoms with van der Waals surface area (Å²) in [5.41, 5.74) is 2.02. The van der Waals surface area contributed by atoms with Crippen molar-refractivity contribution in [2.75, 3.05) is 37.2 Å². The lowest BCUT2D eigenvalue weighted by molar-refractivity contribution is -0.119. The van der Waals surface area contributed by atoms with Crippen molar-refractivity contribution in [1.29, 1.82) is 0 Å². The predicted octanol–water partition coefficient (Wildman–Crippen LogP) is 3.27. The summed E-state index contributed by atoms with van der Waals surface area (Å²) >= 11 is 1.54. The highest BCUT2D eigenvalue weighted by atomic mass is 32.2. The van der Waals surface area contributed by atoms with Crippen molar-refractivity contribution < 1.29 is 14.3 Å². The van der Waals surface area contributed by atoms with E-state index in [0.29, 0.717) is 11.3 Å². The van der Waals surface area contributed by atoms with Gasteiger partial charge in [0, 0.05) is 24.7 Å². The number of ether oxygens (including phenoxy) is 1. The second-order valence-electron chi connectivity index (χ2n) is 5.27. The summed E-state index contributed by atoms with van der Waals surface area (Å²) in [7, 11) is 3.78. The second kappa shape index (κ2) is 8.40. The Morgan fingerprint density at radius 2 is 1.88 bits per heavy atom. The molecule has 0 radical (unpaired) electrons. The van der Waals surface area contributed by atoms with Crippen LogP contribution in [0.25, 0.3) is 0 Å². The van der Waals surface area contributed by atoms with E-state index < -0.39 is 5.97 Å². The van der Waals surface area contributed by atoms with Crippen molar-refractivity contribution in [3.05, 3.63) is 54.1 Å². The van der Waals surface area contributed by atoms with Gasteiger partial charge in [0.2, 0.25) is 0 Å². The van der Waals surface area contributed by atoms with Crippen LogP contribution in [0.2, 0.25) is 0 Å².